The summed E-state index contributed by atoms with van der Waals surface area (Å²) in [5, 5.41) is 15.3. The minimum Gasteiger partial charge on any atom is -0.392 e. The molecule has 26 heavy (non-hydrogen) atoms. The van der Waals surface area contributed by atoms with Gasteiger partial charge in [0.05, 0.1) is 6.61 Å². The molecule has 1 saturated heterocycles. The molecule has 1 fully saturated rings. The minimum atomic E-state index is -0.418. The van der Waals surface area contributed by atoms with Gasteiger partial charge in [-0.2, -0.15) is 0 Å². The molecule has 6 nitrogen and oxygen atoms in total. The van der Waals surface area contributed by atoms with Gasteiger partial charge in [0.25, 0.3) is 11.5 Å². The molecule has 0 spiro atoms. The number of aliphatic hydroxyl groups excluding tert-OH is 1. The number of piperidine rings is 1. The summed E-state index contributed by atoms with van der Waals surface area (Å²) in [6.07, 6.45) is 3.97. The number of pyridine rings is 1. The number of carbonyl (C=O) groups excluding carboxylic acids is 1. The van der Waals surface area contributed by atoms with Crippen LogP contribution in [0.25, 0.3) is 0 Å². The highest BCUT2D eigenvalue weighted by Gasteiger charge is 2.19. The lowest BCUT2D eigenvalue weighted by molar-refractivity contribution is 0.102. The van der Waals surface area contributed by atoms with E-state index in [2.05, 4.69) is 10.6 Å². The Morgan fingerprint density at radius 2 is 2.23 bits per heavy atom. The van der Waals surface area contributed by atoms with E-state index < -0.39 is 5.91 Å². The largest absolute Gasteiger partial charge is 0.392 e. The Bertz CT molecular complexity index is 838. The van der Waals surface area contributed by atoms with Crippen LogP contribution in [0.3, 0.4) is 0 Å². The number of nitrogens with zero attached hydrogens (tertiary/aromatic N) is 1. The van der Waals surface area contributed by atoms with Crippen molar-refractivity contribution in [2.24, 2.45) is 5.92 Å². The highest BCUT2D eigenvalue weighted by Crippen LogP contribution is 2.14. The van der Waals surface area contributed by atoms with Crippen molar-refractivity contribution in [1.82, 2.24) is 9.88 Å². The van der Waals surface area contributed by atoms with Gasteiger partial charge in [-0.15, -0.1) is 0 Å². The summed E-state index contributed by atoms with van der Waals surface area (Å²) in [6, 6.07) is 8.78. The Hall–Kier alpha value is -2.44. The van der Waals surface area contributed by atoms with Crippen molar-refractivity contribution >= 4 is 11.6 Å². The highest BCUT2D eigenvalue weighted by atomic mass is 16.3. The first-order chi connectivity index (χ1) is 12.6. The monoisotopic (exact) mass is 355 g/mol. The average molecular weight is 355 g/mol. The third-order valence-corrected chi connectivity index (χ3v) is 4.82. The van der Waals surface area contributed by atoms with E-state index in [0.717, 1.165) is 25.9 Å². The van der Waals surface area contributed by atoms with E-state index in [0.29, 0.717) is 29.3 Å². The number of rotatable bonds is 5. The van der Waals surface area contributed by atoms with E-state index in [9.17, 15) is 14.7 Å². The second-order valence-electron chi connectivity index (χ2n) is 6.86. The quantitative estimate of drug-likeness (QED) is 0.765. The van der Waals surface area contributed by atoms with Crippen molar-refractivity contribution in [3.05, 3.63) is 63.6 Å². The number of hydrogen-bond acceptors (Lipinski definition) is 4. The first-order valence-corrected chi connectivity index (χ1v) is 9.00. The van der Waals surface area contributed by atoms with Gasteiger partial charge in [-0.1, -0.05) is 12.1 Å². The van der Waals surface area contributed by atoms with Crippen LogP contribution >= 0.6 is 0 Å². The molecule has 3 N–H and O–H groups in total. The normalized spacial score (nSPS) is 17.1. The molecule has 1 aliphatic heterocycles. The van der Waals surface area contributed by atoms with Crippen LogP contribution in [0, 0.1) is 12.8 Å². The van der Waals surface area contributed by atoms with Gasteiger partial charge in [0.1, 0.15) is 5.56 Å². The first-order valence-electron chi connectivity index (χ1n) is 9.00. The van der Waals surface area contributed by atoms with Crippen molar-refractivity contribution in [2.45, 2.75) is 32.9 Å². The van der Waals surface area contributed by atoms with Gasteiger partial charge in [0.2, 0.25) is 0 Å². The topological polar surface area (TPSA) is 83.4 Å². The molecule has 1 aliphatic rings. The molecule has 1 aromatic heterocycles. The second kappa shape index (κ2) is 8.29. The van der Waals surface area contributed by atoms with Crippen LogP contribution in [0.1, 0.15) is 34.3 Å². The van der Waals surface area contributed by atoms with Crippen LogP contribution in [0.15, 0.2) is 41.3 Å². The Labute approximate surface area is 152 Å². The molecule has 1 atom stereocenters. The SMILES string of the molecule is Cc1ccn(CC2CCCNC2)c(=O)c1C(=O)Nc1cccc(CO)c1. The van der Waals surface area contributed by atoms with E-state index >= 15 is 0 Å². The van der Waals surface area contributed by atoms with Crippen molar-refractivity contribution in [3.8, 4) is 0 Å². The number of aryl methyl sites for hydroxylation is 1. The van der Waals surface area contributed by atoms with Gasteiger partial charge in [-0.3, -0.25) is 9.59 Å². The Balaban J connectivity index is 1.82. The Kier molecular flexibility index (Phi) is 5.85. The van der Waals surface area contributed by atoms with Crippen LogP contribution in [0.5, 0.6) is 0 Å². The third-order valence-electron chi connectivity index (χ3n) is 4.82. The predicted octanol–water partition coefficient (Wildman–Crippen LogP) is 1.90. The Morgan fingerprint density at radius 3 is 2.96 bits per heavy atom. The molecule has 2 heterocycles. The van der Waals surface area contributed by atoms with E-state index in [1.807, 2.05) is 6.07 Å². The zero-order chi connectivity index (χ0) is 18.5. The van der Waals surface area contributed by atoms with Crippen molar-refractivity contribution in [1.29, 1.82) is 0 Å². The van der Waals surface area contributed by atoms with Gasteiger partial charge < -0.3 is 20.3 Å². The number of amides is 1. The van der Waals surface area contributed by atoms with E-state index in [-0.39, 0.29) is 17.7 Å². The zero-order valence-corrected chi connectivity index (χ0v) is 15.0. The van der Waals surface area contributed by atoms with Crippen LogP contribution in [0.2, 0.25) is 0 Å². The second-order valence-corrected chi connectivity index (χ2v) is 6.86. The lowest BCUT2D eigenvalue weighted by atomic mass is 9.99. The minimum absolute atomic E-state index is 0.101. The van der Waals surface area contributed by atoms with E-state index in [4.69, 9.17) is 0 Å². The smallest absolute Gasteiger partial charge is 0.263 e. The molecular formula is C20H25N3O3. The number of aromatic nitrogens is 1. The van der Waals surface area contributed by atoms with Gasteiger partial charge in [-0.05, 0) is 68.1 Å². The maximum absolute atomic E-state index is 12.9. The molecule has 6 heteroatoms. The summed E-state index contributed by atoms with van der Waals surface area (Å²) >= 11 is 0. The summed E-state index contributed by atoms with van der Waals surface area (Å²) in [4.78, 5) is 25.6. The summed E-state index contributed by atoms with van der Waals surface area (Å²) < 4.78 is 1.64. The van der Waals surface area contributed by atoms with Gasteiger partial charge in [-0.25, -0.2) is 0 Å². The maximum atomic E-state index is 12.9. The summed E-state index contributed by atoms with van der Waals surface area (Å²) in [7, 11) is 0. The molecule has 0 bridgehead atoms. The van der Waals surface area contributed by atoms with Gasteiger partial charge in [0.15, 0.2) is 0 Å². The molecule has 138 valence electrons. The number of hydrogen-bond donors (Lipinski definition) is 3. The number of carbonyl (C=O) groups is 1. The number of nitrogens with one attached hydrogen (secondary N) is 2. The summed E-state index contributed by atoms with van der Waals surface area (Å²) in [5.74, 6) is -0.0139. The number of anilines is 1. The fraction of sp³-hybridized carbons (Fsp3) is 0.400. The number of benzene rings is 1. The van der Waals surface area contributed by atoms with Gasteiger partial charge >= 0.3 is 0 Å². The lowest BCUT2D eigenvalue weighted by Gasteiger charge is -2.23. The Morgan fingerprint density at radius 1 is 1.38 bits per heavy atom. The molecule has 3 rings (SSSR count). The maximum Gasteiger partial charge on any atom is 0.263 e. The molecule has 0 aliphatic carbocycles. The fourth-order valence-electron chi connectivity index (χ4n) is 3.38. The molecule has 1 amide bonds. The summed E-state index contributed by atoms with van der Waals surface area (Å²) in [5.41, 5.74) is 1.84. The molecular weight excluding hydrogens is 330 g/mol. The van der Waals surface area contributed by atoms with Gasteiger partial charge in [0, 0.05) is 18.4 Å². The molecule has 1 aromatic carbocycles. The van der Waals surface area contributed by atoms with Crippen molar-refractivity contribution in [2.75, 3.05) is 18.4 Å². The molecule has 2 aromatic rings. The summed E-state index contributed by atoms with van der Waals surface area (Å²) in [6.45, 7) is 4.21. The van der Waals surface area contributed by atoms with Crippen molar-refractivity contribution in [3.63, 3.8) is 0 Å². The highest BCUT2D eigenvalue weighted by molar-refractivity contribution is 6.05. The molecule has 1 unspecified atom stereocenters. The zero-order valence-electron chi connectivity index (χ0n) is 15.0. The van der Waals surface area contributed by atoms with E-state index in [1.54, 1.807) is 42.0 Å². The lowest BCUT2D eigenvalue weighted by Crippen LogP contribution is -2.36. The average Bonchev–Trinajstić information content (AvgIpc) is 2.65. The van der Waals surface area contributed by atoms with Crippen LogP contribution in [0.4, 0.5) is 5.69 Å². The molecule has 0 radical (unpaired) electrons. The van der Waals surface area contributed by atoms with Crippen LogP contribution in [-0.4, -0.2) is 28.7 Å². The van der Waals surface area contributed by atoms with Crippen LogP contribution < -0.4 is 16.2 Å². The van der Waals surface area contributed by atoms with Crippen molar-refractivity contribution < 1.29 is 9.90 Å². The fourth-order valence-corrected chi connectivity index (χ4v) is 3.38. The first kappa shape index (κ1) is 18.4. The van der Waals surface area contributed by atoms with E-state index in [1.165, 1.54) is 0 Å². The van der Waals surface area contributed by atoms with Crippen LogP contribution in [-0.2, 0) is 13.2 Å². The standard InChI is InChI=1S/C20H25N3O3/c1-14-7-9-23(12-16-5-3-8-21-11-16)20(26)18(14)19(25)22-17-6-2-4-15(10-17)13-24/h2,4,6-7,9-10,16,21,24H,3,5,8,11-13H2,1H3,(H,22,25). The number of aliphatic hydroxyl groups is 1. The third kappa shape index (κ3) is 4.20. The predicted molar refractivity (Wildman–Crippen MR) is 101 cm³/mol. The molecule has 0 saturated carbocycles.